The molecule has 0 radical (unpaired) electrons. The van der Waals surface area contributed by atoms with E-state index in [1.807, 2.05) is 0 Å². The number of aliphatic imine (C=N–C) groups is 1. The third kappa shape index (κ3) is 5.86. The van der Waals surface area contributed by atoms with Gasteiger partial charge in [0, 0.05) is 12.1 Å². The first-order valence-corrected chi connectivity index (χ1v) is 12.2. The summed E-state index contributed by atoms with van der Waals surface area (Å²) in [7, 11) is -2.60. The van der Waals surface area contributed by atoms with Crippen LogP contribution in [0.15, 0.2) is 87.6 Å². The maximum absolute atomic E-state index is 12.4. The summed E-state index contributed by atoms with van der Waals surface area (Å²) in [6.45, 7) is 0. The zero-order valence-electron chi connectivity index (χ0n) is 18.1. The summed E-state index contributed by atoms with van der Waals surface area (Å²) in [5.41, 5.74) is 1.08. The maximum Gasteiger partial charge on any atom is 0.339 e. The molecule has 0 unspecified atom stereocenters. The summed E-state index contributed by atoms with van der Waals surface area (Å²) >= 11 is 1.18. The first-order valence-electron chi connectivity index (χ1n) is 9.96. The Hall–Kier alpha value is -4.16. The molecule has 4 rings (SSSR count). The number of hydrogen-bond donors (Lipinski definition) is 1. The highest BCUT2D eigenvalue weighted by atomic mass is 32.2. The minimum atomic E-state index is -4.17. The lowest BCUT2D eigenvalue weighted by Gasteiger charge is -2.07. The fourth-order valence-corrected chi connectivity index (χ4v) is 4.71. The van der Waals surface area contributed by atoms with E-state index in [0.717, 1.165) is 24.3 Å². The number of nitrogens with one attached hydrogen (secondary N) is 1. The molecule has 1 aliphatic rings. The number of nitro benzene ring substituents is 1. The van der Waals surface area contributed by atoms with Crippen LogP contribution in [0.4, 0.5) is 11.4 Å². The Labute approximate surface area is 204 Å². The van der Waals surface area contributed by atoms with Crippen molar-refractivity contribution in [1.82, 2.24) is 5.32 Å². The van der Waals surface area contributed by atoms with E-state index in [0.29, 0.717) is 27.1 Å². The number of benzene rings is 3. The standard InChI is InChI=1S/C23H17N3O7S2/c1-32-18-10-4-16(5-11-18)24-23-25-22(27)21(34-23)14-15-2-8-19(9-3-15)33-35(30,31)20-12-6-17(7-13-20)26(28)29/h2-14H,1H3,(H,24,25,27)/b21-14-. The number of rotatable bonds is 7. The summed E-state index contributed by atoms with van der Waals surface area (Å²) in [6.07, 6.45) is 1.64. The first kappa shape index (κ1) is 24.0. The maximum atomic E-state index is 12.4. The van der Waals surface area contributed by atoms with Crippen LogP contribution in [-0.2, 0) is 14.9 Å². The van der Waals surface area contributed by atoms with E-state index in [4.69, 9.17) is 8.92 Å². The number of carbonyl (C=O) groups excluding carboxylic acids is 1. The van der Waals surface area contributed by atoms with Crippen molar-refractivity contribution >= 4 is 50.4 Å². The average Bonchev–Trinajstić information content (AvgIpc) is 3.19. The normalized spacial score (nSPS) is 15.7. The zero-order chi connectivity index (χ0) is 25.0. The molecule has 0 aliphatic carbocycles. The van der Waals surface area contributed by atoms with Crippen LogP contribution < -0.4 is 14.2 Å². The van der Waals surface area contributed by atoms with E-state index < -0.39 is 15.0 Å². The second kappa shape index (κ2) is 9.99. The van der Waals surface area contributed by atoms with E-state index in [1.54, 1.807) is 49.6 Å². The molecule has 0 saturated carbocycles. The molecular formula is C23H17N3O7S2. The van der Waals surface area contributed by atoms with E-state index in [2.05, 4.69) is 10.3 Å². The number of thioether (sulfide) groups is 1. The summed E-state index contributed by atoms with van der Waals surface area (Å²) in [5, 5.41) is 13.9. The van der Waals surface area contributed by atoms with Crippen LogP contribution in [0.1, 0.15) is 5.56 Å². The predicted molar refractivity (Wildman–Crippen MR) is 131 cm³/mol. The van der Waals surface area contributed by atoms with Crippen molar-refractivity contribution in [1.29, 1.82) is 0 Å². The summed E-state index contributed by atoms with van der Waals surface area (Å²) in [6, 6.07) is 17.5. The van der Waals surface area contributed by atoms with Gasteiger partial charge in [-0.3, -0.25) is 14.9 Å². The Morgan fingerprint density at radius 2 is 1.60 bits per heavy atom. The number of non-ortho nitro benzene ring substituents is 1. The number of amidine groups is 1. The average molecular weight is 512 g/mol. The van der Waals surface area contributed by atoms with Gasteiger partial charge in [0.1, 0.15) is 16.4 Å². The number of amides is 1. The Balaban J connectivity index is 1.44. The number of carbonyl (C=O) groups is 1. The molecule has 1 heterocycles. The smallest absolute Gasteiger partial charge is 0.339 e. The van der Waals surface area contributed by atoms with Crippen LogP contribution in [0, 0.1) is 10.1 Å². The Morgan fingerprint density at radius 1 is 0.971 bits per heavy atom. The Bertz CT molecular complexity index is 1430. The van der Waals surface area contributed by atoms with Gasteiger partial charge in [0.2, 0.25) is 0 Å². The lowest BCUT2D eigenvalue weighted by atomic mass is 10.2. The molecule has 1 saturated heterocycles. The molecule has 0 atom stereocenters. The molecule has 1 aliphatic heterocycles. The number of ether oxygens (including phenoxy) is 1. The highest BCUT2D eigenvalue weighted by Gasteiger charge is 2.24. The second-order valence-electron chi connectivity index (χ2n) is 7.04. The molecule has 12 heteroatoms. The largest absolute Gasteiger partial charge is 0.497 e. The van der Waals surface area contributed by atoms with Gasteiger partial charge in [-0.25, -0.2) is 4.99 Å². The molecule has 35 heavy (non-hydrogen) atoms. The highest BCUT2D eigenvalue weighted by Crippen LogP contribution is 2.29. The van der Waals surface area contributed by atoms with Crippen molar-refractivity contribution in [2.75, 3.05) is 7.11 Å². The number of hydrogen-bond acceptors (Lipinski definition) is 9. The fourth-order valence-electron chi connectivity index (χ4n) is 2.93. The molecule has 0 aromatic heterocycles. The molecule has 1 fully saturated rings. The third-order valence-electron chi connectivity index (χ3n) is 4.67. The van der Waals surface area contributed by atoms with Gasteiger partial charge in [-0.05, 0) is 71.9 Å². The van der Waals surface area contributed by atoms with Gasteiger partial charge >= 0.3 is 10.1 Å². The van der Waals surface area contributed by atoms with Crippen molar-refractivity contribution in [2.45, 2.75) is 4.90 Å². The molecule has 1 amide bonds. The molecule has 1 N–H and O–H groups in total. The van der Waals surface area contributed by atoms with E-state index in [-0.39, 0.29) is 22.2 Å². The van der Waals surface area contributed by atoms with Crippen LogP contribution >= 0.6 is 11.8 Å². The second-order valence-corrected chi connectivity index (χ2v) is 9.61. The number of nitro groups is 1. The van der Waals surface area contributed by atoms with Crippen LogP contribution in [0.3, 0.4) is 0 Å². The van der Waals surface area contributed by atoms with Crippen molar-refractivity contribution in [3.63, 3.8) is 0 Å². The number of nitrogens with zero attached hydrogens (tertiary/aromatic N) is 2. The molecule has 0 bridgehead atoms. The summed E-state index contributed by atoms with van der Waals surface area (Å²) < 4.78 is 35.1. The van der Waals surface area contributed by atoms with Gasteiger partial charge in [0.15, 0.2) is 5.17 Å². The van der Waals surface area contributed by atoms with Crippen molar-refractivity contribution in [3.8, 4) is 11.5 Å². The van der Waals surface area contributed by atoms with Crippen LogP contribution in [0.2, 0.25) is 0 Å². The zero-order valence-corrected chi connectivity index (χ0v) is 19.7. The number of methoxy groups -OCH3 is 1. The van der Waals surface area contributed by atoms with Gasteiger partial charge in [-0.2, -0.15) is 8.42 Å². The van der Waals surface area contributed by atoms with Gasteiger partial charge in [-0.15, -0.1) is 0 Å². The van der Waals surface area contributed by atoms with Gasteiger partial charge in [-0.1, -0.05) is 12.1 Å². The quantitative estimate of drug-likeness (QED) is 0.215. The first-order chi connectivity index (χ1) is 16.7. The van der Waals surface area contributed by atoms with E-state index >= 15 is 0 Å². The lowest BCUT2D eigenvalue weighted by Crippen LogP contribution is -2.19. The minimum absolute atomic E-state index is 0.0517. The topological polar surface area (TPSA) is 137 Å². The summed E-state index contributed by atoms with van der Waals surface area (Å²) in [4.78, 5) is 27.0. The third-order valence-corrected chi connectivity index (χ3v) is 6.85. The van der Waals surface area contributed by atoms with E-state index in [9.17, 15) is 23.3 Å². The van der Waals surface area contributed by atoms with Crippen LogP contribution in [0.5, 0.6) is 11.5 Å². The lowest BCUT2D eigenvalue weighted by molar-refractivity contribution is -0.384. The molecule has 3 aromatic carbocycles. The predicted octanol–water partition coefficient (Wildman–Crippen LogP) is 4.26. The Morgan fingerprint density at radius 3 is 2.20 bits per heavy atom. The monoisotopic (exact) mass is 511 g/mol. The van der Waals surface area contributed by atoms with Gasteiger partial charge in [0.25, 0.3) is 11.6 Å². The van der Waals surface area contributed by atoms with Crippen molar-refractivity contribution in [2.24, 2.45) is 4.99 Å². The van der Waals surface area contributed by atoms with Crippen molar-refractivity contribution < 1.29 is 27.1 Å². The molecule has 0 spiro atoms. The summed E-state index contributed by atoms with van der Waals surface area (Å²) in [5.74, 6) is 0.449. The molecule has 10 nitrogen and oxygen atoms in total. The SMILES string of the molecule is COc1ccc(N=C2NC(=O)/C(=C/c3ccc(OS(=O)(=O)c4ccc([N+](=O)[O-])cc4)cc3)S2)cc1. The van der Waals surface area contributed by atoms with Crippen LogP contribution in [-0.4, -0.2) is 31.5 Å². The Kier molecular flexibility index (Phi) is 6.85. The molecular weight excluding hydrogens is 494 g/mol. The minimum Gasteiger partial charge on any atom is -0.497 e. The molecule has 3 aromatic rings. The van der Waals surface area contributed by atoms with E-state index in [1.165, 1.54) is 23.9 Å². The van der Waals surface area contributed by atoms with Gasteiger partial charge in [0.05, 0.1) is 22.6 Å². The van der Waals surface area contributed by atoms with Crippen molar-refractivity contribution in [3.05, 3.63) is 93.4 Å². The molecule has 178 valence electrons. The fraction of sp³-hybridized carbons (Fsp3) is 0.0435. The highest BCUT2D eigenvalue weighted by molar-refractivity contribution is 8.18. The van der Waals surface area contributed by atoms with Crippen LogP contribution in [0.25, 0.3) is 6.08 Å². The van der Waals surface area contributed by atoms with Gasteiger partial charge < -0.3 is 14.2 Å².